The van der Waals surface area contributed by atoms with Crippen LogP contribution in [0.15, 0.2) is 24.3 Å². The first-order valence-electron chi connectivity index (χ1n) is 5.33. The lowest BCUT2D eigenvalue weighted by atomic mass is 9.95. The Labute approximate surface area is 87.7 Å². The van der Waals surface area contributed by atoms with Crippen molar-refractivity contribution in [2.45, 2.75) is 26.2 Å². The van der Waals surface area contributed by atoms with Crippen molar-refractivity contribution in [2.75, 3.05) is 20.6 Å². The molecule has 0 fully saturated rings. The van der Waals surface area contributed by atoms with Crippen molar-refractivity contribution in [3.8, 4) is 0 Å². The predicted octanol–water partition coefficient (Wildman–Crippen LogP) is 2.91. The molecule has 0 bridgehead atoms. The molecule has 1 nitrogen and oxygen atoms in total. The zero-order chi connectivity index (χ0) is 10.6. The summed E-state index contributed by atoms with van der Waals surface area (Å²) in [7, 11) is 4.25. The third-order valence-electron chi connectivity index (χ3n) is 2.51. The molecule has 78 valence electrons. The van der Waals surface area contributed by atoms with Gasteiger partial charge in [0.15, 0.2) is 0 Å². The van der Waals surface area contributed by atoms with E-state index in [0.29, 0.717) is 5.92 Å². The highest BCUT2D eigenvalue weighted by atomic mass is 15.0. The van der Waals surface area contributed by atoms with E-state index in [1.165, 1.54) is 11.1 Å². The minimum atomic E-state index is 0.633. The molecule has 0 radical (unpaired) electrons. The van der Waals surface area contributed by atoms with Crippen molar-refractivity contribution in [1.29, 1.82) is 0 Å². The minimum absolute atomic E-state index is 0.633. The van der Waals surface area contributed by atoms with Gasteiger partial charge in [0.2, 0.25) is 0 Å². The first-order valence-corrected chi connectivity index (χ1v) is 5.33. The summed E-state index contributed by atoms with van der Waals surface area (Å²) in [4.78, 5) is 2.23. The van der Waals surface area contributed by atoms with Gasteiger partial charge in [-0.2, -0.15) is 0 Å². The van der Waals surface area contributed by atoms with Gasteiger partial charge in [0, 0.05) is 6.54 Å². The SMILES string of the molecule is CC(C)c1ccccc1CCN(C)C. The molecule has 0 spiro atoms. The molecular weight excluding hydrogens is 170 g/mol. The van der Waals surface area contributed by atoms with Gasteiger partial charge in [-0.1, -0.05) is 38.1 Å². The molecule has 0 N–H and O–H groups in total. The van der Waals surface area contributed by atoms with E-state index in [1.807, 2.05) is 0 Å². The predicted molar refractivity (Wildman–Crippen MR) is 62.8 cm³/mol. The lowest BCUT2D eigenvalue weighted by Crippen LogP contribution is -2.15. The van der Waals surface area contributed by atoms with Crippen LogP contribution in [-0.4, -0.2) is 25.5 Å². The van der Waals surface area contributed by atoms with Crippen molar-refractivity contribution in [2.24, 2.45) is 0 Å². The Morgan fingerprint density at radius 1 is 1.14 bits per heavy atom. The fourth-order valence-electron chi connectivity index (χ4n) is 1.67. The highest BCUT2D eigenvalue weighted by molar-refractivity contribution is 5.29. The van der Waals surface area contributed by atoms with E-state index in [1.54, 1.807) is 0 Å². The van der Waals surface area contributed by atoms with Crippen molar-refractivity contribution in [3.63, 3.8) is 0 Å². The lowest BCUT2D eigenvalue weighted by Gasteiger charge is -2.14. The molecule has 0 aliphatic heterocycles. The van der Waals surface area contributed by atoms with Crippen molar-refractivity contribution >= 4 is 0 Å². The second kappa shape index (κ2) is 5.16. The van der Waals surface area contributed by atoms with Gasteiger partial charge in [-0.15, -0.1) is 0 Å². The maximum Gasteiger partial charge on any atom is 0.00158 e. The van der Waals surface area contributed by atoms with Gasteiger partial charge in [0.05, 0.1) is 0 Å². The molecule has 0 saturated carbocycles. The molecule has 0 aliphatic carbocycles. The van der Waals surface area contributed by atoms with Crippen molar-refractivity contribution < 1.29 is 0 Å². The smallest absolute Gasteiger partial charge is 0.00158 e. The Bertz CT molecular complexity index is 276. The molecule has 1 aromatic rings. The fraction of sp³-hybridized carbons (Fsp3) is 0.538. The van der Waals surface area contributed by atoms with Crippen LogP contribution in [0.3, 0.4) is 0 Å². The largest absolute Gasteiger partial charge is 0.309 e. The summed E-state index contributed by atoms with van der Waals surface area (Å²) in [5.41, 5.74) is 2.99. The summed E-state index contributed by atoms with van der Waals surface area (Å²) in [5.74, 6) is 0.633. The Balaban J connectivity index is 2.74. The Hall–Kier alpha value is -0.820. The number of hydrogen-bond donors (Lipinski definition) is 0. The monoisotopic (exact) mass is 191 g/mol. The van der Waals surface area contributed by atoms with Crippen LogP contribution in [0.4, 0.5) is 0 Å². The van der Waals surface area contributed by atoms with Gasteiger partial charge in [-0.25, -0.2) is 0 Å². The standard InChI is InChI=1S/C13H21N/c1-11(2)13-8-6-5-7-12(13)9-10-14(3)4/h5-8,11H,9-10H2,1-4H3. The number of rotatable bonds is 4. The first kappa shape index (κ1) is 11.3. The quantitative estimate of drug-likeness (QED) is 0.707. The van der Waals surface area contributed by atoms with E-state index in [2.05, 4.69) is 57.1 Å². The van der Waals surface area contributed by atoms with Crippen molar-refractivity contribution in [1.82, 2.24) is 4.90 Å². The molecular formula is C13H21N. The van der Waals surface area contributed by atoms with E-state index < -0.39 is 0 Å². The van der Waals surface area contributed by atoms with E-state index in [4.69, 9.17) is 0 Å². The van der Waals surface area contributed by atoms with Crippen LogP contribution < -0.4 is 0 Å². The summed E-state index contributed by atoms with van der Waals surface area (Å²) < 4.78 is 0. The van der Waals surface area contributed by atoms with Gasteiger partial charge < -0.3 is 4.90 Å². The van der Waals surface area contributed by atoms with E-state index in [9.17, 15) is 0 Å². The van der Waals surface area contributed by atoms with E-state index in [0.717, 1.165) is 13.0 Å². The van der Waals surface area contributed by atoms with Gasteiger partial charge >= 0.3 is 0 Å². The second-order valence-electron chi connectivity index (χ2n) is 4.41. The Morgan fingerprint density at radius 2 is 1.79 bits per heavy atom. The molecule has 0 unspecified atom stereocenters. The topological polar surface area (TPSA) is 3.24 Å². The normalized spacial score (nSPS) is 11.3. The fourth-order valence-corrected chi connectivity index (χ4v) is 1.67. The molecule has 1 heteroatoms. The van der Waals surface area contributed by atoms with Crippen LogP contribution >= 0.6 is 0 Å². The van der Waals surface area contributed by atoms with Gasteiger partial charge in [-0.3, -0.25) is 0 Å². The van der Waals surface area contributed by atoms with E-state index in [-0.39, 0.29) is 0 Å². The molecule has 0 heterocycles. The minimum Gasteiger partial charge on any atom is -0.309 e. The summed E-state index contributed by atoms with van der Waals surface area (Å²) in [5, 5.41) is 0. The Kier molecular flexibility index (Phi) is 4.15. The molecule has 14 heavy (non-hydrogen) atoms. The number of likely N-dealkylation sites (N-methyl/N-ethyl adjacent to an activating group) is 1. The second-order valence-corrected chi connectivity index (χ2v) is 4.41. The third kappa shape index (κ3) is 3.15. The van der Waals surface area contributed by atoms with Crippen LogP contribution in [0, 0.1) is 0 Å². The molecule has 0 aromatic heterocycles. The molecule has 1 rings (SSSR count). The summed E-state index contributed by atoms with van der Waals surface area (Å²) in [6.45, 7) is 5.65. The van der Waals surface area contributed by atoms with E-state index >= 15 is 0 Å². The molecule has 0 amide bonds. The molecule has 0 saturated heterocycles. The first-order chi connectivity index (χ1) is 6.61. The molecule has 0 aliphatic rings. The zero-order valence-corrected chi connectivity index (χ0v) is 9.75. The third-order valence-corrected chi connectivity index (χ3v) is 2.51. The molecule has 1 aromatic carbocycles. The van der Waals surface area contributed by atoms with Gasteiger partial charge in [0.1, 0.15) is 0 Å². The maximum absolute atomic E-state index is 2.26. The van der Waals surface area contributed by atoms with Crippen LogP contribution in [0.25, 0.3) is 0 Å². The van der Waals surface area contributed by atoms with Crippen LogP contribution in [0.2, 0.25) is 0 Å². The summed E-state index contributed by atoms with van der Waals surface area (Å²) in [6, 6.07) is 8.76. The average molecular weight is 191 g/mol. The molecule has 0 atom stereocenters. The highest BCUT2D eigenvalue weighted by Gasteiger charge is 2.05. The number of hydrogen-bond acceptors (Lipinski definition) is 1. The van der Waals surface area contributed by atoms with Crippen LogP contribution in [0.5, 0.6) is 0 Å². The summed E-state index contributed by atoms with van der Waals surface area (Å²) >= 11 is 0. The van der Waals surface area contributed by atoms with Crippen molar-refractivity contribution in [3.05, 3.63) is 35.4 Å². The Morgan fingerprint density at radius 3 is 2.36 bits per heavy atom. The number of nitrogens with zero attached hydrogens (tertiary/aromatic N) is 1. The van der Waals surface area contributed by atoms with Crippen LogP contribution in [0.1, 0.15) is 30.9 Å². The zero-order valence-electron chi connectivity index (χ0n) is 9.75. The highest BCUT2D eigenvalue weighted by Crippen LogP contribution is 2.19. The maximum atomic E-state index is 2.26. The van der Waals surface area contributed by atoms with Gasteiger partial charge in [-0.05, 0) is 37.6 Å². The summed E-state index contributed by atoms with van der Waals surface area (Å²) in [6.07, 6.45) is 1.15. The number of benzene rings is 1. The van der Waals surface area contributed by atoms with Crippen LogP contribution in [-0.2, 0) is 6.42 Å². The lowest BCUT2D eigenvalue weighted by molar-refractivity contribution is 0.413. The van der Waals surface area contributed by atoms with Gasteiger partial charge in [0.25, 0.3) is 0 Å². The average Bonchev–Trinajstić information content (AvgIpc) is 2.15.